The van der Waals surface area contributed by atoms with Crippen LogP contribution in [-0.4, -0.2) is 38.6 Å². The molecule has 1 N–H and O–H groups in total. The molecule has 1 aromatic heterocycles. The van der Waals surface area contributed by atoms with Gasteiger partial charge in [0.25, 0.3) is 5.91 Å². The zero-order valence-electron chi connectivity index (χ0n) is 15.5. The molecule has 0 aliphatic carbocycles. The number of hydrogen-bond acceptors (Lipinski definition) is 3. The van der Waals surface area contributed by atoms with E-state index in [0.29, 0.717) is 18.9 Å². The summed E-state index contributed by atoms with van der Waals surface area (Å²) >= 11 is 0. The lowest BCUT2D eigenvalue weighted by Crippen LogP contribution is -2.40. The second-order valence-corrected chi connectivity index (χ2v) is 7.24. The van der Waals surface area contributed by atoms with Crippen molar-refractivity contribution in [2.75, 3.05) is 13.1 Å². The van der Waals surface area contributed by atoms with Gasteiger partial charge in [-0.1, -0.05) is 17.7 Å². The number of rotatable bonds is 3. The second kappa shape index (κ2) is 7.00. The Labute approximate surface area is 149 Å². The van der Waals surface area contributed by atoms with Crippen LogP contribution in [-0.2, 0) is 7.05 Å². The van der Waals surface area contributed by atoms with Gasteiger partial charge in [-0.25, -0.2) is 4.98 Å². The Hall–Kier alpha value is -2.14. The molecule has 2 heterocycles. The first-order valence-corrected chi connectivity index (χ1v) is 8.91. The molecule has 0 radical (unpaired) electrons. The molecule has 0 bridgehead atoms. The van der Waals surface area contributed by atoms with Crippen molar-refractivity contribution in [2.45, 2.75) is 39.7 Å². The third-order valence-electron chi connectivity index (χ3n) is 5.29. The molecule has 5 heteroatoms. The molecule has 25 heavy (non-hydrogen) atoms. The minimum absolute atomic E-state index is 0.111. The van der Waals surface area contributed by atoms with Gasteiger partial charge in [0.2, 0.25) is 0 Å². The normalized spacial score (nSPS) is 16.9. The van der Waals surface area contributed by atoms with Crippen LogP contribution in [0.4, 0.5) is 0 Å². The number of carbonyl (C=O) groups excluding carboxylic acids is 1. The Kier molecular flexibility index (Phi) is 4.95. The van der Waals surface area contributed by atoms with Gasteiger partial charge in [0.15, 0.2) is 0 Å². The van der Waals surface area contributed by atoms with Gasteiger partial charge < -0.3 is 14.6 Å². The maximum absolute atomic E-state index is 13.0. The van der Waals surface area contributed by atoms with Crippen LogP contribution in [0.25, 0.3) is 0 Å². The van der Waals surface area contributed by atoms with Crippen molar-refractivity contribution in [3.8, 4) is 0 Å². The number of carbonyl (C=O) groups is 1. The summed E-state index contributed by atoms with van der Waals surface area (Å²) in [6, 6.07) is 4.13. The van der Waals surface area contributed by atoms with Crippen LogP contribution in [0.2, 0.25) is 0 Å². The van der Waals surface area contributed by atoms with E-state index >= 15 is 0 Å². The van der Waals surface area contributed by atoms with Gasteiger partial charge >= 0.3 is 0 Å². The monoisotopic (exact) mass is 341 g/mol. The number of piperidine rings is 1. The molecule has 1 unspecified atom stereocenters. The standard InChI is InChI=1S/C20H27N3O2/c1-13-11-14(2)17(15(3)12-13)20(25)23-8-5-16(6-9-23)18(24)19-21-7-10-22(19)4/h7,10-12,16,18,24H,5-6,8-9H2,1-4H3. The molecule has 3 rings (SSSR count). The Morgan fingerprint density at radius 3 is 2.32 bits per heavy atom. The number of imidazole rings is 1. The Bertz CT molecular complexity index is 750. The van der Waals surface area contributed by atoms with E-state index in [1.54, 1.807) is 6.20 Å². The van der Waals surface area contributed by atoms with Crippen molar-refractivity contribution < 1.29 is 9.90 Å². The molecule has 1 atom stereocenters. The lowest BCUT2D eigenvalue weighted by molar-refractivity contribution is 0.0419. The number of aliphatic hydroxyl groups excluding tert-OH is 1. The van der Waals surface area contributed by atoms with E-state index in [2.05, 4.69) is 24.0 Å². The maximum atomic E-state index is 13.0. The zero-order valence-corrected chi connectivity index (χ0v) is 15.5. The summed E-state index contributed by atoms with van der Waals surface area (Å²) in [5, 5.41) is 10.6. The first-order chi connectivity index (χ1) is 11.9. The lowest BCUT2D eigenvalue weighted by Gasteiger charge is -2.34. The first-order valence-electron chi connectivity index (χ1n) is 8.91. The van der Waals surface area contributed by atoms with Crippen LogP contribution in [0.5, 0.6) is 0 Å². The topological polar surface area (TPSA) is 58.4 Å². The predicted molar refractivity (Wildman–Crippen MR) is 97.4 cm³/mol. The molecular formula is C20H27N3O2. The lowest BCUT2D eigenvalue weighted by atomic mass is 9.90. The summed E-state index contributed by atoms with van der Waals surface area (Å²) in [5.41, 5.74) is 4.09. The highest BCUT2D eigenvalue weighted by Gasteiger charge is 2.31. The summed E-state index contributed by atoms with van der Waals surface area (Å²) in [6.07, 6.45) is 4.58. The average Bonchev–Trinajstić information content (AvgIpc) is 2.99. The van der Waals surface area contributed by atoms with Crippen LogP contribution in [0, 0.1) is 26.7 Å². The van der Waals surface area contributed by atoms with Gasteiger partial charge in [-0.2, -0.15) is 0 Å². The number of nitrogens with zero attached hydrogens (tertiary/aromatic N) is 3. The van der Waals surface area contributed by atoms with Crippen LogP contribution in [0.15, 0.2) is 24.5 Å². The molecule has 1 aliphatic heterocycles. The van der Waals surface area contributed by atoms with Gasteiger partial charge in [-0.3, -0.25) is 4.79 Å². The number of aryl methyl sites for hydroxylation is 4. The van der Waals surface area contributed by atoms with Crippen LogP contribution in [0.3, 0.4) is 0 Å². The number of amides is 1. The fourth-order valence-electron chi connectivity index (χ4n) is 3.97. The molecular weight excluding hydrogens is 314 g/mol. The quantitative estimate of drug-likeness (QED) is 0.934. The van der Waals surface area contributed by atoms with Crippen LogP contribution in [0.1, 0.15) is 51.8 Å². The van der Waals surface area contributed by atoms with Crippen LogP contribution < -0.4 is 0 Å². The molecule has 1 amide bonds. The molecule has 2 aromatic rings. The summed E-state index contributed by atoms with van der Waals surface area (Å²) in [4.78, 5) is 19.1. The number of aromatic nitrogens is 2. The maximum Gasteiger partial charge on any atom is 0.254 e. The van der Waals surface area contributed by atoms with Gasteiger partial charge in [0, 0.05) is 38.1 Å². The molecule has 1 fully saturated rings. The van der Waals surface area contributed by atoms with Crippen molar-refractivity contribution in [3.05, 3.63) is 52.6 Å². The fraction of sp³-hybridized carbons (Fsp3) is 0.500. The SMILES string of the molecule is Cc1cc(C)c(C(=O)N2CCC(C(O)c3nccn3C)CC2)c(C)c1. The summed E-state index contributed by atoms with van der Waals surface area (Å²) in [7, 11) is 1.90. The van der Waals surface area contributed by atoms with Gasteiger partial charge in [0.05, 0.1) is 0 Å². The van der Waals surface area contributed by atoms with E-state index in [9.17, 15) is 9.90 Å². The van der Waals surface area contributed by atoms with E-state index < -0.39 is 6.10 Å². The fourth-order valence-corrected chi connectivity index (χ4v) is 3.97. The molecule has 1 aliphatic rings. The van der Waals surface area contributed by atoms with Crippen molar-refractivity contribution in [1.29, 1.82) is 0 Å². The van der Waals surface area contributed by atoms with Crippen molar-refractivity contribution in [3.63, 3.8) is 0 Å². The molecule has 0 saturated carbocycles. The minimum atomic E-state index is -0.569. The summed E-state index contributed by atoms with van der Waals surface area (Å²) < 4.78 is 1.86. The third kappa shape index (κ3) is 3.47. The van der Waals surface area contributed by atoms with Crippen molar-refractivity contribution >= 4 is 5.91 Å². The summed E-state index contributed by atoms with van der Waals surface area (Å²) in [6.45, 7) is 7.42. The third-order valence-corrected chi connectivity index (χ3v) is 5.29. The van der Waals surface area contributed by atoms with E-state index in [1.807, 2.05) is 36.6 Å². The van der Waals surface area contributed by atoms with Crippen molar-refractivity contribution in [1.82, 2.24) is 14.5 Å². The number of benzene rings is 1. The van der Waals surface area contributed by atoms with Gasteiger partial charge in [-0.05, 0) is 50.7 Å². The van der Waals surface area contributed by atoms with Crippen LogP contribution >= 0.6 is 0 Å². The van der Waals surface area contributed by atoms with E-state index in [1.165, 1.54) is 5.56 Å². The van der Waals surface area contributed by atoms with E-state index in [-0.39, 0.29) is 11.8 Å². The highest BCUT2D eigenvalue weighted by Crippen LogP contribution is 2.30. The number of aliphatic hydroxyl groups is 1. The van der Waals surface area contributed by atoms with E-state index in [0.717, 1.165) is 29.5 Å². The summed E-state index contributed by atoms with van der Waals surface area (Å²) in [5.74, 6) is 0.959. The smallest absolute Gasteiger partial charge is 0.254 e. The first kappa shape index (κ1) is 17.7. The van der Waals surface area contributed by atoms with Gasteiger partial charge in [-0.15, -0.1) is 0 Å². The average molecular weight is 341 g/mol. The number of likely N-dealkylation sites (tertiary alicyclic amines) is 1. The molecule has 5 nitrogen and oxygen atoms in total. The Balaban J connectivity index is 1.68. The van der Waals surface area contributed by atoms with Gasteiger partial charge in [0.1, 0.15) is 11.9 Å². The van der Waals surface area contributed by atoms with E-state index in [4.69, 9.17) is 0 Å². The predicted octanol–water partition coefficient (Wildman–Crippen LogP) is 2.93. The molecule has 1 saturated heterocycles. The van der Waals surface area contributed by atoms with Crippen molar-refractivity contribution in [2.24, 2.45) is 13.0 Å². The number of hydrogen-bond donors (Lipinski definition) is 1. The molecule has 134 valence electrons. The largest absolute Gasteiger partial charge is 0.385 e. The molecule has 1 aromatic carbocycles. The Morgan fingerprint density at radius 1 is 1.20 bits per heavy atom. The molecule has 0 spiro atoms. The second-order valence-electron chi connectivity index (χ2n) is 7.24. The highest BCUT2D eigenvalue weighted by molar-refractivity contribution is 5.97. The Morgan fingerprint density at radius 2 is 1.80 bits per heavy atom. The minimum Gasteiger partial charge on any atom is -0.385 e. The zero-order chi connectivity index (χ0) is 18.1. The highest BCUT2D eigenvalue weighted by atomic mass is 16.3.